The van der Waals surface area contributed by atoms with E-state index in [0.717, 1.165) is 48.9 Å². The summed E-state index contributed by atoms with van der Waals surface area (Å²) in [6.45, 7) is 15.7. The van der Waals surface area contributed by atoms with Crippen LogP contribution in [0.2, 0.25) is 0 Å². The number of aromatic nitrogens is 1. The van der Waals surface area contributed by atoms with Gasteiger partial charge in [0, 0.05) is 49.2 Å². The van der Waals surface area contributed by atoms with E-state index in [9.17, 15) is 19.2 Å². The van der Waals surface area contributed by atoms with Gasteiger partial charge in [0.15, 0.2) is 0 Å². The maximum atomic E-state index is 14.0. The first-order chi connectivity index (χ1) is 19.7. The van der Waals surface area contributed by atoms with Crippen molar-refractivity contribution in [2.75, 3.05) is 31.5 Å². The van der Waals surface area contributed by atoms with Gasteiger partial charge in [0.1, 0.15) is 15.4 Å². The van der Waals surface area contributed by atoms with Gasteiger partial charge in [-0.1, -0.05) is 11.3 Å². The van der Waals surface area contributed by atoms with Crippen LogP contribution in [-0.2, 0) is 14.3 Å². The molecular weight excluding hydrogens is 554 g/mol. The Labute approximate surface area is 251 Å². The van der Waals surface area contributed by atoms with Crippen LogP contribution in [0.4, 0.5) is 9.80 Å². The zero-order valence-corrected chi connectivity index (χ0v) is 26.7. The van der Waals surface area contributed by atoms with Gasteiger partial charge in [-0.15, -0.1) is 0 Å². The SMILES string of the molecule is Cc1cc2c(C(=O)N3CCC(N4CCCC5(CC(=O)N(C(C)C)C5=O)C4)CC3)c(NC(=O)OC(C)(C)C)sc2nc1C. The van der Waals surface area contributed by atoms with E-state index in [4.69, 9.17) is 9.72 Å². The lowest BCUT2D eigenvalue weighted by Gasteiger charge is -2.45. The van der Waals surface area contributed by atoms with Crippen LogP contribution in [-0.4, -0.2) is 87.4 Å². The Balaban J connectivity index is 1.32. The van der Waals surface area contributed by atoms with E-state index >= 15 is 0 Å². The molecule has 11 heteroatoms. The number of carbonyl (C=O) groups excluding carboxylic acids is 4. The molecule has 4 amide bonds. The molecule has 2 aromatic heterocycles. The summed E-state index contributed by atoms with van der Waals surface area (Å²) >= 11 is 1.29. The molecule has 3 aliphatic heterocycles. The first-order valence-electron chi connectivity index (χ1n) is 15.0. The molecule has 0 aromatic carbocycles. The van der Waals surface area contributed by atoms with Crippen LogP contribution >= 0.6 is 11.3 Å². The number of pyridine rings is 1. The second kappa shape index (κ2) is 11.2. The average Bonchev–Trinajstić information content (AvgIpc) is 3.35. The largest absolute Gasteiger partial charge is 0.444 e. The Morgan fingerprint density at radius 1 is 1.14 bits per heavy atom. The molecule has 10 nitrogen and oxygen atoms in total. The minimum Gasteiger partial charge on any atom is -0.444 e. The van der Waals surface area contributed by atoms with Gasteiger partial charge in [0.2, 0.25) is 11.8 Å². The summed E-state index contributed by atoms with van der Waals surface area (Å²) < 4.78 is 5.48. The van der Waals surface area contributed by atoms with Crippen LogP contribution in [0.1, 0.15) is 88.3 Å². The molecule has 1 spiro atoms. The minimum atomic E-state index is -0.672. The number of rotatable bonds is 4. The number of nitrogens with one attached hydrogen (secondary N) is 1. The monoisotopic (exact) mass is 597 g/mol. The van der Waals surface area contributed by atoms with E-state index in [1.807, 2.05) is 38.7 Å². The number of fused-ring (bicyclic) bond motifs is 1. The predicted octanol–water partition coefficient (Wildman–Crippen LogP) is 5.11. The Bertz CT molecular complexity index is 1420. The molecule has 228 valence electrons. The van der Waals surface area contributed by atoms with Crippen molar-refractivity contribution in [1.82, 2.24) is 19.7 Å². The fraction of sp³-hybridized carbons (Fsp3) is 0.645. The molecule has 0 bridgehead atoms. The number of likely N-dealkylation sites (tertiary alicyclic amines) is 3. The molecule has 5 heterocycles. The third-order valence-electron chi connectivity index (χ3n) is 8.78. The Morgan fingerprint density at radius 3 is 2.45 bits per heavy atom. The number of nitrogens with zero attached hydrogens (tertiary/aromatic N) is 4. The molecule has 3 saturated heterocycles. The Hall–Kier alpha value is -3.05. The molecule has 1 unspecified atom stereocenters. The van der Waals surface area contributed by atoms with Gasteiger partial charge in [-0.2, -0.15) is 0 Å². The third-order valence-corrected chi connectivity index (χ3v) is 9.79. The van der Waals surface area contributed by atoms with Crippen molar-refractivity contribution in [3.05, 3.63) is 22.9 Å². The standard InChI is InChI=1S/C31H43N5O5S/c1-18(2)36-23(37)16-31(28(36)39)11-8-12-35(17-31)21-9-13-34(14-10-21)27(38)24-22-15-19(3)20(4)32-25(22)42-26(24)33-29(40)41-30(5,6)7/h15,18,21H,8-14,16-17H2,1-7H3,(H,33,40). The molecule has 42 heavy (non-hydrogen) atoms. The van der Waals surface area contributed by atoms with E-state index in [-0.39, 0.29) is 29.8 Å². The molecule has 5 rings (SSSR count). The average molecular weight is 598 g/mol. The lowest BCUT2D eigenvalue weighted by Crippen LogP contribution is -2.54. The molecule has 2 aromatic rings. The molecule has 0 radical (unpaired) electrons. The lowest BCUT2D eigenvalue weighted by atomic mass is 9.77. The van der Waals surface area contributed by atoms with Gasteiger partial charge in [-0.25, -0.2) is 9.78 Å². The van der Waals surface area contributed by atoms with Gasteiger partial charge >= 0.3 is 6.09 Å². The van der Waals surface area contributed by atoms with Crippen LogP contribution in [0.15, 0.2) is 6.07 Å². The maximum absolute atomic E-state index is 14.0. The third kappa shape index (κ3) is 5.77. The minimum absolute atomic E-state index is 0.0201. The lowest BCUT2D eigenvalue weighted by molar-refractivity contribution is -0.145. The van der Waals surface area contributed by atoms with Gasteiger partial charge in [-0.05, 0) is 92.3 Å². The molecule has 1 atom stereocenters. The van der Waals surface area contributed by atoms with Crippen LogP contribution in [0.5, 0.6) is 0 Å². The highest BCUT2D eigenvalue weighted by molar-refractivity contribution is 7.23. The number of amides is 4. The van der Waals surface area contributed by atoms with Crippen molar-refractivity contribution >= 4 is 50.4 Å². The van der Waals surface area contributed by atoms with Gasteiger partial charge < -0.3 is 9.64 Å². The van der Waals surface area contributed by atoms with Crippen LogP contribution in [0.3, 0.4) is 0 Å². The summed E-state index contributed by atoms with van der Waals surface area (Å²) in [5.41, 5.74) is 1.02. The highest BCUT2D eigenvalue weighted by Crippen LogP contribution is 2.43. The molecular formula is C31H43N5O5S. The quantitative estimate of drug-likeness (QED) is 0.487. The van der Waals surface area contributed by atoms with Crippen molar-refractivity contribution in [2.24, 2.45) is 5.41 Å². The van der Waals surface area contributed by atoms with E-state index in [0.29, 0.717) is 41.5 Å². The first-order valence-corrected chi connectivity index (χ1v) is 15.8. The van der Waals surface area contributed by atoms with Gasteiger partial charge in [0.05, 0.1) is 11.0 Å². The number of piperidine rings is 2. The van der Waals surface area contributed by atoms with E-state index in [1.165, 1.54) is 16.2 Å². The predicted molar refractivity (Wildman–Crippen MR) is 163 cm³/mol. The highest BCUT2D eigenvalue weighted by Gasteiger charge is 2.54. The van der Waals surface area contributed by atoms with E-state index < -0.39 is 17.1 Å². The fourth-order valence-corrected chi connectivity index (χ4v) is 7.72. The van der Waals surface area contributed by atoms with Gasteiger partial charge in [0.25, 0.3) is 5.91 Å². The number of ether oxygens (including phenoxy) is 1. The molecule has 0 aliphatic carbocycles. The number of thiophene rings is 1. The summed E-state index contributed by atoms with van der Waals surface area (Å²) in [6.07, 6.45) is 2.89. The number of aryl methyl sites for hydroxylation is 2. The van der Waals surface area contributed by atoms with E-state index in [2.05, 4.69) is 10.2 Å². The number of carbonyl (C=O) groups is 4. The summed E-state index contributed by atoms with van der Waals surface area (Å²) in [4.78, 5) is 63.9. The van der Waals surface area contributed by atoms with Crippen LogP contribution in [0.25, 0.3) is 10.2 Å². The molecule has 0 saturated carbocycles. The smallest absolute Gasteiger partial charge is 0.412 e. The maximum Gasteiger partial charge on any atom is 0.412 e. The zero-order chi connectivity index (χ0) is 30.6. The van der Waals surface area contributed by atoms with Crippen LogP contribution < -0.4 is 5.32 Å². The van der Waals surface area contributed by atoms with Crippen molar-refractivity contribution < 1.29 is 23.9 Å². The molecule has 3 aliphatic rings. The van der Waals surface area contributed by atoms with Crippen LogP contribution in [0, 0.1) is 19.3 Å². The summed E-state index contributed by atoms with van der Waals surface area (Å²) in [6, 6.07) is 2.09. The summed E-state index contributed by atoms with van der Waals surface area (Å²) in [5.74, 6) is -0.209. The summed E-state index contributed by atoms with van der Waals surface area (Å²) in [5, 5.41) is 4.00. The second-order valence-electron chi connectivity index (χ2n) is 13.4. The van der Waals surface area contributed by atoms with Crippen molar-refractivity contribution in [3.8, 4) is 0 Å². The normalized spacial score (nSPS) is 22.6. The number of hydrogen-bond acceptors (Lipinski definition) is 8. The Morgan fingerprint density at radius 2 is 1.83 bits per heavy atom. The van der Waals surface area contributed by atoms with Gasteiger partial charge in [-0.3, -0.25) is 29.5 Å². The number of hydrogen-bond donors (Lipinski definition) is 1. The molecule has 1 N–H and O–H groups in total. The second-order valence-corrected chi connectivity index (χ2v) is 14.4. The van der Waals surface area contributed by atoms with Crippen molar-refractivity contribution in [2.45, 2.75) is 98.3 Å². The van der Waals surface area contributed by atoms with Crippen molar-refractivity contribution in [3.63, 3.8) is 0 Å². The number of imide groups is 1. The summed E-state index contributed by atoms with van der Waals surface area (Å²) in [7, 11) is 0. The topological polar surface area (TPSA) is 112 Å². The van der Waals surface area contributed by atoms with Crippen molar-refractivity contribution in [1.29, 1.82) is 0 Å². The first kappa shape index (κ1) is 30.4. The number of anilines is 1. The Kier molecular flexibility index (Phi) is 8.12. The molecule has 3 fully saturated rings. The highest BCUT2D eigenvalue weighted by atomic mass is 32.1. The fourth-order valence-electron chi connectivity index (χ4n) is 6.64. The zero-order valence-electron chi connectivity index (χ0n) is 25.8. The van der Waals surface area contributed by atoms with E-state index in [1.54, 1.807) is 20.8 Å².